The smallest absolute Gasteiger partial charge is 0.237 e. The normalized spacial score (nSPS) is 10.7. The summed E-state index contributed by atoms with van der Waals surface area (Å²) in [6.07, 6.45) is 1.80. The fourth-order valence-electron chi connectivity index (χ4n) is 1.22. The van der Waals surface area contributed by atoms with E-state index in [0.717, 1.165) is 11.3 Å². The predicted molar refractivity (Wildman–Crippen MR) is 59.9 cm³/mol. The van der Waals surface area contributed by atoms with Gasteiger partial charge in [0.1, 0.15) is 0 Å². The zero-order valence-electron chi connectivity index (χ0n) is 7.75. The average Bonchev–Trinajstić information content (AvgIpc) is 2.15. The van der Waals surface area contributed by atoms with Gasteiger partial charge < -0.3 is 0 Å². The summed E-state index contributed by atoms with van der Waals surface area (Å²) in [5, 5.41) is 0. The van der Waals surface area contributed by atoms with Crippen LogP contribution in [0.1, 0.15) is 31.0 Å². The van der Waals surface area contributed by atoms with Crippen molar-refractivity contribution in [1.29, 1.82) is 0 Å². The fourth-order valence-corrected chi connectivity index (χ4v) is 1.79. The third-order valence-corrected chi connectivity index (χ3v) is 2.48. The third kappa shape index (κ3) is 3.11. The van der Waals surface area contributed by atoms with Crippen LogP contribution in [0.2, 0.25) is 0 Å². The van der Waals surface area contributed by atoms with Gasteiger partial charge in [-0.25, -0.2) is 3.53 Å². The lowest BCUT2D eigenvalue weighted by atomic mass is 10.0. The molecule has 1 N–H and O–H groups in total. The molecular weight excluding hydrogens is 279 g/mol. The summed E-state index contributed by atoms with van der Waals surface area (Å²) in [7, 11) is 0. The van der Waals surface area contributed by atoms with Crippen molar-refractivity contribution < 1.29 is 3.07 Å². The van der Waals surface area contributed by atoms with Gasteiger partial charge in [0.2, 0.25) is 21.5 Å². The molecule has 0 saturated carbocycles. The van der Waals surface area contributed by atoms with Gasteiger partial charge in [-0.05, 0) is 17.5 Å². The fraction of sp³-hybridized carbons (Fsp3) is 0.444. The van der Waals surface area contributed by atoms with Crippen molar-refractivity contribution in [3.8, 4) is 0 Å². The highest BCUT2D eigenvalue weighted by atomic mass is 127. The topological polar surface area (TPSA) is 42.0 Å². The number of halogens is 1. The number of nitrogens with zero attached hydrogens (tertiary/aromatic N) is 1. The lowest BCUT2D eigenvalue weighted by Gasteiger charge is -2.09. The van der Waals surface area contributed by atoms with Crippen molar-refractivity contribution in [2.24, 2.45) is 0 Å². The van der Waals surface area contributed by atoms with Gasteiger partial charge in [0.15, 0.2) is 0 Å². The zero-order chi connectivity index (χ0) is 9.68. The Balaban J connectivity index is 2.84. The first-order valence-corrected chi connectivity index (χ1v) is 6.14. The Kier molecular flexibility index (Phi) is 4.44. The zero-order valence-corrected chi connectivity index (χ0v) is 9.91. The van der Waals surface area contributed by atoms with Crippen molar-refractivity contribution >= 4 is 21.5 Å². The first-order chi connectivity index (χ1) is 6.25. The van der Waals surface area contributed by atoms with Crippen molar-refractivity contribution in [3.05, 3.63) is 29.6 Å². The van der Waals surface area contributed by atoms with Gasteiger partial charge in [0, 0.05) is 18.4 Å². The van der Waals surface area contributed by atoms with E-state index < -0.39 is 21.5 Å². The molecule has 0 unspecified atom stereocenters. The highest BCUT2D eigenvalue weighted by molar-refractivity contribution is 14.1. The molecule has 0 aromatic carbocycles. The van der Waals surface area contributed by atoms with Gasteiger partial charge in [0.25, 0.3) is 0 Å². The molecule has 0 fully saturated rings. The molecule has 1 heterocycles. The monoisotopic (exact) mass is 292 g/mol. The highest BCUT2D eigenvalue weighted by Crippen LogP contribution is 2.16. The van der Waals surface area contributed by atoms with Crippen molar-refractivity contribution in [2.45, 2.75) is 26.3 Å². The molecule has 0 radical (unpaired) electrons. The Morgan fingerprint density at radius 1 is 1.62 bits per heavy atom. The third-order valence-electron chi connectivity index (χ3n) is 1.78. The van der Waals surface area contributed by atoms with Gasteiger partial charge in [-0.1, -0.05) is 19.9 Å². The number of rotatable bonds is 4. The second-order valence-electron chi connectivity index (χ2n) is 3.09. The van der Waals surface area contributed by atoms with Crippen LogP contribution in [0.3, 0.4) is 0 Å². The summed E-state index contributed by atoms with van der Waals surface area (Å²) < 4.78 is 13.2. The first-order valence-electron chi connectivity index (χ1n) is 4.18. The van der Waals surface area contributed by atoms with Gasteiger partial charge in [-0.2, -0.15) is 0 Å². The molecule has 0 saturated heterocycles. The van der Waals surface area contributed by atoms with Crippen molar-refractivity contribution in [3.63, 3.8) is 0 Å². The van der Waals surface area contributed by atoms with Crippen LogP contribution < -0.4 is 3.53 Å². The highest BCUT2D eigenvalue weighted by Gasteiger charge is 2.06. The molecule has 1 aromatic heterocycles. The quantitative estimate of drug-likeness (QED) is 0.685. The second-order valence-corrected chi connectivity index (χ2v) is 4.29. The van der Waals surface area contributed by atoms with Crippen LogP contribution in [0, 0.1) is 0 Å². The molecule has 72 valence electrons. The molecule has 1 aromatic rings. The molecule has 0 aliphatic rings. The Bertz CT molecular complexity index is 289. The maximum Gasteiger partial charge on any atom is 0.237 e. The van der Waals surface area contributed by atoms with Gasteiger partial charge in [-0.15, -0.1) is 0 Å². The van der Waals surface area contributed by atoms with E-state index in [-0.39, 0.29) is 0 Å². The largest absolute Gasteiger partial charge is 0.261 e. The minimum absolute atomic E-state index is 0.419. The molecule has 13 heavy (non-hydrogen) atoms. The molecule has 0 spiro atoms. The summed E-state index contributed by atoms with van der Waals surface area (Å²) >= 11 is -1.08. The summed E-state index contributed by atoms with van der Waals surface area (Å²) in [6, 6.07) is 3.93. The van der Waals surface area contributed by atoms with Crippen molar-refractivity contribution in [1.82, 2.24) is 8.51 Å². The molecule has 0 aliphatic carbocycles. The molecule has 4 heteroatoms. The van der Waals surface area contributed by atoms with E-state index in [4.69, 9.17) is 0 Å². The van der Waals surface area contributed by atoms with E-state index in [1.165, 1.54) is 0 Å². The van der Waals surface area contributed by atoms with Crippen LogP contribution in [0.15, 0.2) is 18.3 Å². The average molecular weight is 292 g/mol. The summed E-state index contributed by atoms with van der Waals surface area (Å²) in [4.78, 5) is 4.30. The van der Waals surface area contributed by atoms with E-state index in [1.54, 1.807) is 6.20 Å². The van der Waals surface area contributed by atoms with Gasteiger partial charge in [0.05, 0.1) is 0 Å². The maximum atomic E-state index is 10.4. The van der Waals surface area contributed by atoms with Crippen LogP contribution >= 0.6 is 21.5 Å². The standard InChI is InChI=1S/C9H13IN2O/c1-7(2)9-8(6-12-10-13)4-3-5-11-9/h3-5,7H,6H2,1-2H3,(H,12,13). The minimum Gasteiger partial charge on any atom is -0.261 e. The molecule has 0 atom stereocenters. The van der Waals surface area contributed by atoms with Crippen LogP contribution in [0.25, 0.3) is 0 Å². The van der Waals surface area contributed by atoms with E-state index in [2.05, 4.69) is 22.4 Å². The Labute approximate surface area is 89.0 Å². The molecule has 0 amide bonds. The Morgan fingerprint density at radius 3 is 3.00 bits per heavy atom. The SMILES string of the molecule is CC(C)c1ncccc1CNI=O. The van der Waals surface area contributed by atoms with Gasteiger partial charge >= 0.3 is 0 Å². The predicted octanol–water partition coefficient (Wildman–Crippen LogP) is 2.53. The molecular formula is C9H13IN2O. The lowest BCUT2D eigenvalue weighted by Crippen LogP contribution is -2.05. The summed E-state index contributed by atoms with van der Waals surface area (Å²) in [5.74, 6) is 0.419. The lowest BCUT2D eigenvalue weighted by molar-refractivity contribution is 0.645. The number of hydrogen-bond acceptors (Lipinski definition) is 2. The number of aromatic nitrogens is 1. The summed E-state index contributed by atoms with van der Waals surface area (Å²) in [6.45, 7) is 4.88. The number of nitrogens with one attached hydrogen (secondary N) is 1. The molecule has 3 nitrogen and oxygen atoms in total. The van der Waals surface area contributed by atoms with E-state index in [1.807, 2.05) is 12.1 Å². The van der Waals surface area contributed by atoms with E-state index in [9.17, 15) is 3.07 Å². The van der Waals surface area contributed by atoms with Crippen LogP contribution in [-0.4, -0.2) is 4.98 Å². The first kappa shape index (κ1) is 10.7. The van der Waals surface area contributed by atoms with Crippen LogP contribution in [0.5, 0.6) is 0 Å². The van der Waals surface area contributed by atoms with Crippen LogP contribution in [0.4, 0.5) is 0 Å². The minimum atomic E-state index is -1.08. The maximum absolute atomic E-state index is 10.4. The Hall–Kier alpha value is -0.360. The van der Waals surface area contributed by atoms with E-state index in [0.29, 0.717) is 12.5 Å². The summed E-state index contributed by atoms with van der Waals surface area (Å²) in [5.41, 5.74) is 2.24. The van der Waals surface area contributed by atoms with E-state index >= 15 is 0 Å². The molecule has 0 aliphatic heterocycles. The van der Waals surface area contributed by atoms with Crippen LogP contribution in [-0.2, 0) is 9.61 Å². The number of hydrogen-bond donors (Lipinski definition) is 1. The number of pyridine rings is 1. The molecule has 0 bridgehead atoms. The molecule has 1 rings (SSSR count). The second kappa shape index (κ2) is 5.39. The van der Waals surface area contributed by atoms with Gasteiger partial charge in [-0.3, -0.25) is 8.05 Å². The Morgan fingerprint density at radius 2 is 2.38 bits per heavy atom. The van der Waals surface area contributed by atoms with Crippen molar-refractivity contribution in [2.75, 3.05) is 0 Å².